The SMILES string of the molecule is CCN(CC)C1C=c2cc3ccccc3nc2=CC1. The minimum Gasteiger partial charge on any atom is -0.297 e. The summed E-state index contributed by atoms with van der Waals surface area (Å²) in [6.07, 6.45) is 5.73. The van der Waals surface area contributed by atoms with E-state index in [9.17, 15) is 0 Å². The predicted molar refractivity (Wildman–Crippen MR) is 81.2 cm³/mol. The largest absolute Gasteiger partial charge is 0.297 e. The first-order chi connectivity index (χ1) is 9.31. The Bertz CT molecular complexity index is 699. The highest BCUT2D eigenvalue weighted by atomic mass is 15.1. The van der Waals surface area contributed by atoms with Crippen LogP contribution in [0.5, 0.6) is 0 Å². The Hall–Kier alpha value is -1.67. The lowest BCUT2D eigenvalue weighted by molar-refractivity contribution is 0.268. The van der Waals surface area contributed by atoms with Crippen molar-refractivity contribution in [2.24, 2.45) is 0 Å². The molecule has 0 spiro atoms. The normalized spacial score (nSPS) is 17.9. The molecule has 0 radical (unpaired) electrons. The Morgan fingerprint density at radius 2 is 2.00 bits per heavy atom. The second kappa shape index (κ2) is 5.14. The Kier molecular flexibility index (Phi) is 3.34. The summed E-state index contributed by atoms with van der Waals surface area (Å²) in [5, 5.41) is 3.65. The van der Waals surface area contributed by atoms with E-state index in [2.05, 4.69) is 55.2 Å². The zero-order valence-electron chi connectivity index (χ0n) is 11.6. The van der Waals surface area contributed by atoms with Crippen molar-refractivity contribution in [1.82, 2.24) is 9.88 Å². The highest BCUT2D eigenvalue weighted by molar-refractivity contribution is 5.78. The van der Waals surface area contributed by atoms with E-state index < -0.39 is 0 Å². The van der Waals surface area contributed by atoms with Crippen LogP contribution in [-0.2, 0) is 0 Å². The summed E-state index contributed by atoms with van der Waals surface area (Å²) in [5.41, 5.74) is 1.09. The minimum absolute atomic E-state index is 0.519. The molecule has 2 aromatic rings. The highest BCUT2D eigenvalue weighted by Gasteiger charge is 2.14. The van der Waals surface area contributed by atoms with Gasteiger partial charge >= 0.3 is 0 Å². The van der Waals surface area contributed by atoms with Crippen molar-refractivity contribution < 1.29 is 0 Å². The lowest BCUT2D eigenvalue weighted by Gasteiger charge is -2.27. The number of aromatic nitrogens is 1. The third-order valence-electron chi connectivity index (χ3n) is 3.99. The molecule has 0 bridgehead atoms. The van der Waals surface area contributed by atoms with Crippen LogP contribution < -0.4 is 10.6 Å². The molecule has 0 saturated carbocycles. The van der Waals surface area contributed by atoms with Gasteiger partial charge in [0.25, 0.3) is 0 Å². The van der Waals surface area contributed by atoms with Crippen LogP contribution in [0.3, 0.4) is 0 Å². The van der Waals surface area contributed by atoms with E-state index in [1.165, 1.54) is 10.6 Å². The van der Waals surface area contributed by atoms with Gasteiger partial charge in [0.05, 0.1) is 10.9 Å². The predicted octanol–water partition coefficient (Wildman–Crippen LogP) is 1.91. The van der Waals surface area contributed by atoms with Gasteiger partial charge in [0, 0.05) is 11.4 Å². The fraction of sp³-hybridized carbons (Fsp3) is 0.353. The molecule has 1 unspecified atom stereocenters. The summed E-state index contributed by atoms with van der Waals surface area (Å²) < 4.78 is 0. The molecule has 0 N–H and O–H groups in total. The molecule has 2 nitrogen and oxygen atoms in total. The zero-order valence-corrected chi connectivity index (χ0v) is 11.6. The highest BCUT2D eigenvalue weighted by Crippen LogP contribution is 2.10. The smallest absolute Gasteiger partial charge is 0.0709 e. The van der Waals surface area contributed by atoms with Gasteiger partial charge in [-0.2, -0.15) is 0 Å². The molecule has 1 aromatic carbocycles. The first-order valence-corrected chi connectivity index (χ1v) is 7.13. The van der Waals surface area contributed by atoms with Gasteiger partial charge < -0.3 is 0 Å². The topological polar surface area (TPSA) is 16.1 Å². The second-order valence-corrected chi connectivity index (χ2v) is 5.05. The first kappa shape index (κ1) is 12.4. The first-order valence-electron chi connectivity index (χ1n) is 7.13. The van der Waals surface area contributed by atoms with Crippen LogP contribution in [0.4, 0.5) is 0 Å². The fourth-order valence-corrected chi connectivity index (χ4v) is 2.90. The fourth-order valence-electron chi connectivity index (χ4n) is 2.90. The maximum absolute atomic E-state index is 4.76. The summed E-state index contributed by atoms with van der Waals surface area (Å²) in [6.45, 7) is 6.65. The Labute approximate surface area is 114 Å². The van der Waals surface area contributed by atoms with Crippen LogP contribution in [0.15, 0.2) is 30.3 Å². The van der Waals surface area contributed by atoms with Gasteiger partial charge in [0.1, 0.15) is 0 Å². The van der Waals surface area contributed by atoms with Crippen molar-refractivity contribution in [2.75, 3.05) is 13.1 Å². The summed E-state index contributed by atoms with van der Waals surface area (Å²) in [4.78, 5) is 7.25. The van der Waals surface area contributed by atoms with Gasteiger partial charge in [-0.05, 0) is 36.9 Å². The molecule has 1 aliphatic carbocycles. The van der Waals surface area contributed by atoms with Gasteiger partial charge in [0.15, 0.2) is 0 Å². The molecular formula is C17H20N2. The molecule has 2 heteroatoms. The van der Waals surface area contributed by atoms with E-state index in [0.29, 0.717) is 6.04 Å². The third-order valence-corrected chi connectivity index (χ3v) is 3.99. The molecule has 98 valence electrons. The van der Waals surface area contributed by atoms with Crippen LogP contribution in [0, 0.1) is 0 Å². The number of hydrogen-bond acceptors (Lipinski definition) is 2. The lowest BCUT2D eigenvalue weighted by atomic mass is 10.0. The number of benzene rings is 1. The Morgan fingerprint density at radius 3 is 2.79 bits per heavy atom. The molecule has 1 atom stereocenters. The summed E-state index contributed by atoms with van der Waals surface area (Å²) >= 11 is 0. The van der Waals surface area contributed by atoms with Gasteiger partial charge in [-0.25, -0.2) is 4.98 Å². The zero-order chi connectivity index (χ0) is 13.2. The minimum atomic E-state index is 0.519. The Balaban J connectivity index is 2.12. The molecule has 0 amide bonds. The molecule has 1 aromatic heterocycles. The summed E-state index contributed by atoms with van der Waals surface area (Å²) in [7, 11) is 0. The molecular weight excluding hydrogens is 232 g/mol. The van der Waals surface area contributed by atoms with E-state index in [4.69, 9.17) is 4.98 Å². The quantitative estimate of drug-likeness (QED) is 0.829. The number of pyridine rings is 1. The maximum Gasteiger partial charge on any atom is 0.0709 e. The number of fused-ring (bicyclic) bond motifs is 2. The van der Waals surface area contributed by atoms with Gasteiger partial charge in [-0.3, -0.25) is 4.90 Å². The molecule has 19 heavy (non-hydrogen) atoms. The average molecular weight is 252 g/mol. The van der Waals surface area contributed by atoms with Crippen LogP contribution in [0.2, 0.25) is 0 Å². The van der Waals surface area contributed by atoms with E-state index in [1.807, 2.05) is 6.07 Å². The van der Waals surface area contributed by atoms with Crippen LogP contribution >= 0.6 is 0 Å². The average Bonchev–Trinajstić information content (AvgIpc) is 2.46. The molecule has 0 fully saturated rings. The van der Waals surface area contributed by atoms with Crippen LogP contribution in [-0.4, -0.2) is 29.0 Å². The van der Waals surface area contributed by atoms with Gasteiger partial charge in [-0.1, -0.05) is 44.2 Å². The summed E-state index contributed by atoms with van der Waals surface area (Å²) in [5.74, 6) is 0. The molecule has 0 aliphatic heterocycles. The second-order valence-electron chi connectivity index (χ2n) is 5.05. The van der Waals surface area contributed by atoms with Crippen molar-refractivity contribution in [3.8, 4) is 0 Å². The van der Waals surface area contributed by atoms with E-state index in [-0.39, 0.29) is 0 Å². The molecule has 3 rings (SSSR count). The van der Waals surface area contributed by atoms with Crippen molar-refractivity contribution >= 4 is 23.1 Å². The van der Waals surface area contributed by atoms with E-state index in [0.717, 1.165) is 30.4 Å². The van der Waals surface area contributed by atoms with E-state index in [1.54, 1.807) is 0 Å². The summed E-state index contributed by atoms with van der Waals surface area (Å²) in [6, 6.07) is 11.1. The Morgan fingerprint density at radius 1 is 1.21 bits per heavy atom. The lowest BCUT2D eigenvalue weighted by Crippen LogP contribution is -2.41. The number of rotatable bonds is 3. The van der Waals surface area contributed by atoms with Gasteiger partial charge in [0.2, 0.25) is 0 Å². The third kappa shape index (κ3) is 2.28. The number of hydrogen-bond donors (Lipinski definition) is 0. The number of para-hydroxylation sites is 1. The van der Waals surface area contributed by atoms with E-state index >= 15 is 0 Å². The molecule has 1 heterocycles. The monoisotopic (exact) mass is 252 g/mol. The van der Waals surface area contributed by atoms with Crippen molar-refractivity contribution in [2.45, 2.75) is 26.3 Å². The van der Waals surface area contributed by atoms with Crippen molar-refractivity contribution in [1.29, 1.82) is 0 Å². The van der Waals surface area contributed by atoms with Crippen molar-refractivity contribution in [3.05, 3.63) is 40.9 Å². The maximum atomic E-state index is 4.76. The van der Waals surface area contributed by atoms with Crippen LogP contribution in [0.25, 0.3) is 23.1 Å². The molecule has 1 aliphatic rings. The van der Waals surface area contributed by atoms with Crippen molar-refractivity contribution in [3.63, 3.8) is 0 Å². The van der Waals surface area contributed by atoms with Gasteiger partial charge in [-0.15, -0.1) is 0 Å². The molecule has 0 saturated heterocycles. The number of nitrogens with zero attached hydrogens (tertiary/aromatic N) is 2. The standard InChI is InChI=1S/C17H20N2/c1-3-19(4-2)15-9-10-17-14(12-15)11-13-7-5-6-8-16(13)18-17/h5-8,10-12,15H,3-4,9H2,1-2H3. The van der Waals surface area contributed by atoms with Crippen LogP contribution in [0.1, 0.15) is 20.3 Å².